The Hall–Kier alpha value is -1.55. The highest BCUT2D eigenvalue weighted by atomic mass is 16.5. The molecule has 100 valence electrons. The van der Waals surface area contributed by atoms with Gasteiger partial charge in [-0.15, -0.1) is 0 Å². The Bertz CT molecular complexity index is 391. The van der Waals surface area contributed by atoms with E-state index in [0.717, 1.165) is 6.42 Å². The van der Waals surface area contributed by atoms with Gasteiger partial charge in [0.1, 0.15) is 5.75 Å². The summed E-state index contributed by atoms with van der Waals surface area (Å²) >= 11 is 0. The molecule has 0 radical (unpaired) electrons. The van der Waals surface area contributed by atoms with E-state index in [2.05, 4.69) is 5.32 Å². The van der Waals surface area contributed by atoms with Gasteiger partial charge in [0.15, 0.2) is 0 Å². The van der Waals surface area contributed by atoms with E-state index in [0.29, 0.717) is 17.9 Å². The van der Waals surface area contributed by atoms with E-state index in [9.17, 15) is 4.79 Å². The topological polar surface area (TPSA) is 64.4 Å². The van der Waals surface area contributed by atoms with Gasteiger partial charge in [-0.2, -0.15) is 0 Å². The number of para-hydroxylation sites is 2. The number of rotatable bonds is 6. The first-order valence-electron chi connectivity index (χ1n) is 6.36. The zero-order valence-corrected chi connectivity index (χ0v) is 11.3. The lowest BCUT2D eigenvalue weighted by molar-refractivity contribution is -0.117. The Morgan fingerprint density at radius 2 is 2.06 bits per heavy atom. The molecule has 0 spiro atoms. The maximum Gasteiger partial charge on any atom is 0.241 e. The lowest BCUT2D eigenvalue weighted by Crippen LogP contribution is -2.35. The van der Waals surface area contributed by atoms with Gasteiger partial charge >= 0.3 is 0 Å². The number of ether oxygens (including phenoxy) is 1. The van der Waals surface area contributed by atoms with Crippen LogP contribution in [0.4, 0.5) is 5.69 Å². The lowest BCUT2D eigenvalue weighted by Gasteiger charge is -2.16. The molecule has 0 aromatic heterocycles. The molecular weight excluding hydrogens is 228 g/mol. The molecule has 0 aliphatic carbocycles. The molecule has 1 aromatic carbocycles. The van der Waals surface area contributed by atoms with Crippen LogP contribution in [-0.4, -0.2) is 18.1 Å². The average Bonchev–Trinajstić information content (AvgIpc) is 2.31. The summed E-state index contributed by atoms with van der Waals surface area (Å²) in [7, 11) is 0. The minimum Gasteiger partial charge on any atom is -0.489 e. The molecule has 0 bridgehead atoms. The van der Waals surface area contributed by atoms with Gasteiger partial charge in [0, 0.05) is 0 Å². The van der Waals surface area contributed by atoms with Crippen molar-refractivity contribution >= 4 is 11.6 Å². The Kier molecular flexibility index (Phi) is 5.65. The van der Waals surface area contributed by atoms with E-state index < -0.39 is 6.04 Å². The second-order valence-corrected chi connectivity index (χ2v) is 4.55. The molecule has 0 saturated carbocycles. The summed E-state index contributed by atoms with van der Waals surface area (Å²) in [6.45, 7) is 5.89. The Balaban J connectivity index is 2.74. The number of nitrogens with one attached hydrogen (secondary N) is 1. The summed E-state index contributed by atoms with van der Waals surface area (Å²) in [5.74, 6) is 0.501. The van der Waals surface area contributed by atoms with Crippen LogP contribution in [0.2, 0.25) is 0 Å². The monoisotopic (exact) mass is 250 g/mol. The highest BCUT2D eigenvalue weighted by Gasteiger charge is 2.14. The van der Waals surface area contributed by atoms with Gasteiger partial charge < -0.3 is 15.8 Å². The molecule has 4 heteroatoms. The van der Waals surface area contributed by atoms with Crippen molar-refractivity contribution in [3.05, 3.63) is 24.3 Å². The average molecular weight is 250 g/mol. The quantitative estimate of drug-likeness (QED) is 0.815. The fourth-order valence-electron chi connectivity index (χ4n) is 1.59. The molecule has 4 nitrogen and oxygen atoms in total. The summed E-state index contributed by atoms with van der Waals surface area (Å²) in [5.41, 5.74) is 6.44. The summed E-state index contributed by atoms with van der Waals surface area (Å²) in [6, 6.07) is 6.91. The molecule has 0 heterocycles. The van der Waals surface area contributed by atoms with Crippen LogP contribution in [0.3, 0.4) is 0 Å². The second kappa shape index (κ2) is 7.01. The molecule has 0 aliphatic rings. The van der Waals surface area contributed by atoms with E-state index in [4.69, 9.17) is 10.5 Å². The number of benzene rings is 1. The largest absolute Gasteiger partial charge is 0.489 e. The summed E-state index contributed by atoms with van der Waals surface area (Å²) < 4.78 is 5.63. The molecule has 1 atom stereocenters. The van der Waals surface area contributed by atoms with Crippen molar-refractivity contribution in [2.75, 3.05) is 5.32 Å². The molecule has 1 aromatic rings. The van der Waals surface area contributed by atoms with Crippen molar-refractivity contribution in [3.63, 3.8) is 0 Å². The van der Waals surface area contributed by atoms with Gasteiger partial charge in [0.2, 0.25) is 5.91 Å². The van der Waals surface area contributed by atoms with Crippen LogP contribution >= 0.6 is 0 Å². The number of amides is 1. The van der Waals surface area contributed by atoms with Crippen molar-refractivity contribution in [2.24, 2.45) is 5.73 Å². The highest BCUT2D eigenvalue weighted by molar-refractivity contribution is 5.95. The van der Waals surface area contributed by atoms with Crippen LogP contribution in [0.5, 0.6) is 5.75 Å². The van der Waals surface area contributed by atoms with Gasteiger partial charge in [0.25, 0.3) is 0 Å². The molecule has 0 saturated heterocycles. The third-order valence-electron chi connectivity index (χ3n) is 2.44. The van der Waals surface area contributed by atoms with Crippen LogP contribution in [-0.2, 0) is 4.79 Å². The first kappa shape index (κ1) is 14.5. The minimum absolute atomic E-state index is 0.0624. The maximum absolute atomic E-state index is 11.8. The summed E-state index contributed by atoms with van der Waals surface area (Å²) in [6.07, 6.45) is 1.63. The third kappa shape index (κ3) is 4.37. The lowest BCUT2D eigenvalue weighted by atomic mass is 10.1. The van der Waals surface area contributed by atoms with Crippen LogP contribution in [0, 0.1) is 0 Å². The predicted octanol–water partition coefficient (Wildman–Crippen LogP) is 2.54. The van der Waals surface area contributed by atoms with Crippen molar-refractivity contribution in [2.45, 2.75) is 45.8 Å². The zero-order valence-electron chi connectivity index (χ0n) is 11.3. The number of hydrogen-bond donors (Lipinski definition) is 2. The van der Waals surface area contributed by atoms with Crippen molar-refractivity contribution in [3.8, 4) is 5.75 Å². The minimum atomic E-state index is -0.470. The second-order valence-electron chi connectivity index (χ2n) is 4.55. The fourth-order valence-corrected chi connectivity index (χ4v) is 1.59. The van der Waals surface area contributed by atoms with Gasteiger partial charge in [0.05, 0.1) is 17.8 Å². The third-order valence-corrected chi connectivity index (χ3v) is 2.44. The standard InChI is InChI=1S/C14H22N2O2/c1-4-7-11(15)14(17)16-12-8-5-6-9-13(12)18-10(2)3/h5-6,8-11H,4,7,15H2,1-3H3,(H,16,17). The highest BCUT2D eigenvalue weighted by Crippen LogP contribution is 2.24. The van der Waals surface area contributed by atoms with Gasteiger partial charge in [-0.3, -0.25) is 4.79 Å². The number of anilines is 1. The van der Waals surface area contributed by atoms with Crippen molar-refractivity contribution in [1.29, 1.82) is 0 Å². The van der Waals surface area contributed by atoms with Crippen LogP contribution in [0.15, 0.2) is 24.3 Å². The molecule has 18 heavy (non-hydrogen) atoms. The van der Waals surface area contributed by atoms with E-state index in [1.165, 1.54) is 0 Å². The van der Waals surface area contributed by atoms with Gasteiger partial charge in [-0.05, 0) is 32.4 Å². The predicted molar refractivity (Wildman–Crippen MR) is 73.7 cm³/mol. The van der Waals surface area contributed by atoms with Crippen molar-refractivity contribution in [1.82, 2.24) is 0 Å². The number of carbonyl (C=O) groups excluding carboxylic acids is 1. The molecular formula is C14H22N2O2. The fraction of sp³-hybridized carbons (Fsp3) is 0.500. The molecule has 1 unspecified atom stereocenters. The van der Waals surface area contributed by atoms with Gasteiger partial charge in [-0.25, -0.2) is 0 Å². The molecule has 1 amide bonds. The molecule has 3 N–H and O–H groups in total. The van der Waals surface area contributed by atoms with Crippen molar-refractivity contribution < 1.29 is 9.53 Å². The molecule has 0 aliphatic heterocycles. The Morgan fingerprint density at radius 3 is 2.67 bits per heavy atom. The van der Waals surface area contributed by atoms with Gasteiger partial charge in [-0.1, -0.05) is 25.5 Å². The number of carbonyl (C=O) groups is 1. The van der Waals surface area contributed by atoms with E-state index in [1.54, 1.807) is 0 Å². The van der Waals surface area contributed by atoms with E-state index in [1.807, 2.05) is 45.0 Å². The summed E-state index contributed by atoms with van der Waals surface area (Å²) in [5, 5.41) is 2.81. The molecule has 1 rings (SSSR count). The molecule has 0 fully saturated rings. The maximum atomic E-state index is 11.8. The van der Waals surface area contributed by atoms with Crippen LogP contribution < -0.4 is 15.8 Å². The first-order valence-corrected chi connectivity index (χ1v) is 6.36. The van der Waals surface area contributed by atoms with Crippen LogP contribution in [0.25, 0.3) is 0 Å². The van der Waals surface area contributed by atoms with E-state index >= 15 is 0 Å². The first-order chi connectivity index (χ1) is 8.54. The number of hydrogen-bond acceptors (Lipinski definition) is 3. The Morgan fingerprint density at radius 1 is 1.39 bits per heavy atom. The smallest absolute Gasteiger partial charge is 0.241 e. The van der Waals surface area contributed by atoms with E-state index in [-0.39, 0.29) is 12.0 Å². The number of nitrogens with two attached hydrogens (primary N) is 1. The normalized spacial score (nSPS) is 12.3. The Labute approximate surface area is 109 Å². The SMILES string of the molecule is CCCC(N)C(=O)Nc1ccccc1OC(C)C. The summed E-state index contributed by atoms with van der Waals surface area (Å²) in [4.78, 5) is 11.8. The zero-order chi connectivity index (χ0) is 13.5. The van der Waals surface area contributed by atoms with Crippen LogP contribution in [0.1, 0.15) is 33.6 Å².